The molecule has 1 atom stereocenters. The van der Waals surface area contributed by atoms with Gasteiger partial charge < -0.3 is 10.1 Å². The number of rotatable bonds is 5. The number of nitrogens with one attached hydrogen (secondary N) is 1. The Morgan fingerprint density at radius 1 is 1.35 bits per heavy atom. The molecule has 1 unspecified atom stereocenters. The third-order valence-electron chi connectivity index (χ3n) is 3.49. The summed E-state index contributed by atoms with van der Waals surface area (Å²) in [7, 11) is 0. The summed E-state index contributed by atoms with van der Waals surface area (Å²) >= 11 is 0. The van der Waals surface area contributed by atoms with Crippen LogP contribution in [0.2, 0.25) is 0 Å². The Morgan fingerprint density at radius 2 is 2.06 bits per heavy atom. The van der Waals surface area contributed by atoms with Crippen LogP contribution in [0.4, 0.5) is 0 Å². The zero-order chi connectivity index (χ0) is 12.4. The van der Waals surface area contributed by atoms with Crippen LogP contribution in [0.1, 0.15) is 33.1 Å². The summed E-state index contributed by atoms with van der Waals surface area (Å²) in [6.07, 6.45) is 2.52. The van der Waals surface area contributed by atoms with E-state index in [-0.39, 0.29) is 17.9 Å². The van der Waals surface area contributed by atoms with Crippen LogP contribution < -0.4 is 5.32 Å². The van der Waals surface area contributed by atoms with Crippen LogP contribution in [0.15, 0.2) is 0 Å². The van der Waals surface area contributed by atoms with Crippen LogP contribution in [0.3, 0.4) is 0 Å². The van der Waals surface area contributed by atoms with E-state index in [1.165, 1.54) is 4.90 Å². The third kappa shape index (κ3) is 2.50. The van der Waals surface area contributed by atoms with Gasteiger partial charge in [0.25, 0.3) is 0 Å². The minimum Gasteiger partial charge on any atom is -0.378 e. The Bertz CT molecular complexity index is 313. The molecule has 0 aromatic heterocycles. The molecule has 1 N–H and O–H groups in total. The van der Waals surface area contributed by atoms with Crippen molar-refractivity contribution in [2.75, 3.05) is 13.2 Å². The maximum absolute atomic E-state index is 11.8. The van der Waals surface area contributed by atoms with Crippen LogP contribution >= 0.6 is 0 Å². The molecule has 2 rings (SSSR count). The van der Waals surface area contributed by atoms with Crippen molar-refractivity contribution >= 4 is 11.8 Å². The van der Waals surface area contributed by atoms with Crippen molar-refractivity contribution in [3.63, 3.8) is 0 Å². The van der Waals surface area contributed by atoms with E-state index in [0.29, 0.717) is 25.1 Å². The number of hydrogen-bond acceptors (Lipinski definition) is 4. The fraction of sp³-hybridized carbons (Fsp3) is 0.833. The molecule has 0 aromatic carbocycles. The number of likely N-dealkylation sites (tertiary alicyclic amines) is 1. The highest BCUT2D eigenvalue weighted by Gasteiger charge is 2.40. The number of amides is 2. The summed E-state index contributed by atoms with van der Waals surface area (Å²) in [4.78, 5) is 24.7. The van der Waals surface area contributed by atoms with Crippen LogP contribution in [0.5, 0.6) is 0 Å². The first kappa shape index (κ1) is 12.5. The second kappa shape index (κ2) is 5.14. The lowest BCUT2D eigenvalue weighted by Crippen LogP contribution is -2.51. The molecule has 2 fully saturated rings. The summed E-state index contributed by atoms with van der Waals surface area (Å²) in [5, 5.41) is 3.26. The summed E-state index contributed by atoms with van der Waals surface area (Å²) < 4.78 is 5.46. The lowest BCUT2D eigenvalue weighted by atomic mass is 9.88. The Morgan fingerprint density at radius 3 is 2.59 bits per heavy atom. The molecule has 1 heterocycles. The molecule has 1 saturated heterocycles. The number of imide groups is 1. The molecule has 1 aliphatic carbocycles. The summed E-state index contributed by atoms with van der Waals surface area (Å²) in [5.74, 6) is -0.131. The van der Waals surface area contributed by atoms with E-state index in [1.807, 2.05) is 13.8 Å². The van der Waals surface area contributed by atoms with E-state index >= 15 is 0 Å². The molecular weight excluding hydrogens is 220 g/mol. The lowest BCUT2D eigenvalue weighted by molar-refractivity contribution is -0.138. The number of carbonyl (C=O) groups is 2. The van der Waals surface area contributed by atoms with Gasteiger partial charge in [0, 0.05) is 19.2 Å². The van der Waals surface area contributed by atoms with Gasteiger partial charge in [-0.05, 0) is 26.7 Å². The fourth-order valence-electron chi connectivity index (χ4n) is 2.50. The monoisotopic (exact) mass is 240 g/mol. The highest BCUT2D eigenvalue weighted by atomic mass is 16.5. The van der Waals surface area contributed by atoms with E-state index in [4.69, 9.17) is 4.74 Å². The molecule has 17 heavy (non-hydrogen) atoms. The SMILES string of the molecule is CCOC1CC(NC2CC(=O)N(CC)C2=O)C1. The van der Waals surface area contributed by atoms with Crippen molar-refractivity contribution in [1.29, 1.82) is 0 Å². The van der Waals surface area contributed by atoms with E-state index in [2.05, 4.69) is 5.32 Å². The molecule has 2 aliphatic rings. The van der Waals surface area contributed by atoms with Crippen LogP contribution in [-0.4, -0.2) is 48.1 Å². The van der Waals surface area contributed by atoms with Crippen molar-refractivity contribution in [1.82, 2.24) is 10.2 Å². The zero-order valence-electron chi connectivity index (χ0n) is 10.4. The van der Waals surface area contributed by atoms with Crippen molar-refractivity contribution < 1.29 is 14.3 Å². The molecule has 0 radical (unpaired) electrons. The van der Waals surface area contributed by atoms with Gasteiger partial charge in [0.2, 0.25) is 11.8 Å². The van der Waals surface area contributed by atoms with E-state index in [1.54, 1.807) is 0 Å². The maximum atomic E-state index is 11.8. The summed E-state index contributed by atoms with van der Waals surface area (Å²) in [5.41, 5.74) is 0. The number of nitrogens with zero attached hydrogens (tertiary/aromatic N) is 1. The molecule has 2 amide bonds. The van der Waals surface area contributed by atoms with Gasteiger partial charge in [-0.3, -0.25) is 14.5 Å². The predicted octanol–water partition coefficient (Wildman–Crippen LogP) is 0.291. The topological polar surface area (TPSA) is 58.6 Å². The maximum Gasteiger partial charge on any atom is 0.246 e. The second-order valence-electron chi connectivity index (χ2n) is 4.65. The van der Waals surface area contributed by atoms with Crippen molar-refractivity contribution in [3.05, 3.63) is 0 Å². The molecule has 96 valence electrons. The second-order valence-corrected chi connectivity index (χ2v) is 4.65. The smallest absolute Gasteiger partial charge is 0.246 e. The highest BCUT2D eigenvalue weighted by molar-refractivity contribution is 6.05. The Balaban J connectivity index is 1.78. The summed E-state index contributed by atoms with van der Waals surface area (Å²) in [6, 6.07) is 0.0140. The first-order valence-electron chi connectivity index (χ1n) is 6.37. The fourth-order valence-corrected chi connectivity index (χ4v) is 2.50. The molecule has 5 heteroatoms. The van der Waals surface area contributed by atoms with E-state index in [9.17, 15) is 9.59 Å². The molecular formula is C12H20N2O3. The Hall–Kier alpha value is -0.940. The van der Waals surface area contributed by atoms with E-state index in [0.717, 1.165) is 19.4 Å². The first-order chi connectivity index (χ1) is 8.15. The van der Waals surface area contributed by atoms with Crippen molar-refractivity contribution in [2.24, 2.45) is 0 Å². The van der Waals surface area contributed by atoms with Gasteiger partial charge in [-0.1, -0.05) is 0 Å². The van der Waals surface area contributed by atoms with E-state index < -0.39 is 0 Å². The molecule has 0 bridgehead atoms. The van der Waals surface area contributed by atoms with Gasteiger partial charge in [0.1, 0.15) is 0 Å². The normalized spacial score (nSPS) is 33.1. The molecule has 0 aromatic rings. The average molecular weight is 240 g/mol. The Kier molecular flexibility index (Phi) is 3.79. The molecule has 1 saturated carbocycles. The van der Waals surface area contributed by atoms with Crippen LogP contribution in [0, 0.1) is 0 Å². The largest absolute Gasteiger partial charge is 0.378 e. The van der Waals surface area contributed by atoms with Gasteiger partial charge in [-0.2, -0.15) is 0 Å². The quantitative estimate of drug-likeness (QED) is 0.702. The van der Waals surface area contributed by atoms with Gasteiger partial charge in [0.05, 0.1) is 18.6 Å². The average Bonchev–Trinajstić information content (AvgIpc) is 2.51. The minimum atomic E-state index is -0.310. The molecule has 1 aliphatic heterocycles. The molecule has 5 nitrogen and oxygen atoms in total. The van der Waals surface area contributed by atoms with Crippen molar-refractivity contribution in [3.8, 4) is 0 Å². The standard InChI is InChI=1S/C12H20N2O3/c1-3-14-11(15)7-10(12(14)16)13-8-5-9(6-8)17-4-2/h8-10,13H,3-7H2,1-2H3. The van der Waals surface area contributed by atoms with Crippen molar-refractivity contribution in [2.45, 2.75) is 51.3 Å². The number of hydrogen-bond donors (Lipinski definition) is 1. The number of carbonyl (C=O) groups excluding carboxylic acids is 2. The highest BCUT2D eigenvalue weighted by Crippen LogP contribution is 2.25. The minimum absolute atomic E-state index is 0.0596. The Labute approximate surface area is 101 Å². The summed E-state index contributed by atoms with van der Waals surface area (Å²) in [6.45, 7) is 5.02. The first-order valence-corrected chi connectivity index (χ1v) is 6.37. The predicted molar refractivity (Wildman–Crippen MR) is 62.4 cm³/mol. The number of ether oxygens (including phenoxy) is 1. The number of likely N-dealkylation sites (N-methyl/N-ethyl adjacent to an activating group) is 1. The van der Waals surface area contributed by atoms with Crippen LogP contribution in [-0.2, 0) is 14.3 Å². The zero-order valence-corrected chi connectivity index (χ0v) is 10.4. The van der Waals surface area contributed by atoms with Gasteiger partial charge in [-0.25, -0.2) is 0 Å². The van der Waals surface area contributed by atoms with Gasteiger partial charge >= 0.3 is 0 Å². The lowest BCUT2D eigenvalue weighted by Gasteiger charge is -2.36. The third-order valence-corrected chi connectivity index (χ3v) is 3.49. The van der Waals surface area contributed by atoms with Gasteiger partial charge in [-0.15, -0.1) is 0 Å². The van der Waals surface area contributed by atoms with Crippen LogP contribution in [0.25, 0.3) is 0 Å². The van der Waals surface area contributed by atoms with Gasteiger partial charge in [0.15, 0.2) is 0 Å². The molecule has 0 spiro atoms.